The molecule has 1 unspecified atom stereocenters. The van der Waals surface area contributed by atoms with E-state index in [1.165, 1.54) is 25.0 Å². The van der Waals surface area contributed by atoms with Gasteiger partial charge in [-0.25, -0.2) is 8.78 Å². The van der Waals surface area contributed by atoms with Crippen LogP contribution in [0.25, 0.3) is 0 Å². The van der Waals surface area contributed by atoms with Crippen molar-refractivity contribution in [3.63, 3.8) is 0 Å². The number of hydrogen-bond donors (Lipinski definition) is 2. The van der Waals surface area contributed by atoms with E-state index in [0.717, 1.165) is 25.7 Å². The number of piperidine rings is 1. The van der Waals surface area contributed by atoms with Crippen molar-refractivity contribution in [1.29, 1.82) is 0 Å². The Labute approximate surface area is 100 Å². The third-order valence-electron chi connectivity index (χ3n) is 3.16. The second-order valence-corrected chi connectivity index (χ2v) is 4.58. The van der Waals surface area contributed by atoms with E-state index in [-0.39, 0.29) is 0 Å². The van der Waals surface area contributed by atoms with Crippen LogP contribution < -0.4 is 10.6 Å². The molecule has 1 aliphatic rings. The van der Waals surface area contributed by atoms with Crippen LogP contribution in [0.3, 0.4) is 0 Å². The summed E-state index contributed by atoms with van der Waals surface area (Å²) in [5, 5.41) is 6.57. The highest BCUT2D eigenvalue weighted by atomic mass is 19.1. The molecule has 0 radical (unpaired) electrons. The first kappa shape index (κ1) is 12.5. The van der Waals surface area contributed by atoms with Gasteiger partial charge in [-0.1, -0.05) is 6.07 Å². The molecule has 0 aliphatic carbocycles. The number of benzene rings is 1. The summed E-state index contributed by atoms with van der Waals surface area (Å²) in [6, 6.07) is 3.72. The molecule has 1 aromatic carbocycles. The summed E-state index contributed by atoms with van der Waals surface area (Å²) in [6.07, 6.45) is 2.42. The second kappa shape index (κ2) is 6.07. The van der Waals surface area contributed by atoms with Crippen molar-refractivity contribution in [2.24, 2.45) is 5.92 Å². The zero-order valence-corrected chi connectivity index (χ0v) is 9.81. The molecule has 1 atom stereocenters. The maximum absolute atomic E-state index is 13.3. The summed E-state index contributed by atoms with van der Waals surface area (Å²) in [4.78, 5) is 0. The Kier molecular flexibility index (Phi) is 4.45. The molecule has 1 saturated heterocycles. The SMILES string of the molecule is Fc1ccc(CNCC2CCCNC2)c(F)c1. The van der Waals surface area contributed by atoms with Gasteiger partial charge in [0.25, 0.3) is 0 Å². The Morgan fingerprint density at radius 2 is 2.24 bits per heavy atom. The summed E-state index contributed by atoms with van der Waals surface area (Å²) >= 11 is 0. The predicted molar refractivity (Wildman–Crippen MR) is 63.7 cm³/mol. The minimum Gasteiger partial charge on any atom is -0.316 e. The largest absolute Gasteiger partial charge is 0.316 e. The zero-order chi connectivity index (χ0) is 12.1. The van der Waals surface area contributed by atoms with Crippen LogP contribution in [0, 0.1) is 17.6 Å². The summed E-state index contributed by atoms with van der Waals surface area (Å²) in [6.45, 7) is 3.47. The smallest absolute Gasteiger partial charge is 0.130 e. The maximum atomic E-state index is 13.3. The molecule has 1 fully saturated rings. The van der Waals surface area contributed by atoms with Gasteiger partial charge >= 0.3 is 0 Å². The topological polar surface area (TPSA) is 24.1 Å². The number of nitrogens with one attached hydrogen (secondary N) is 2. The molecular weight excluding hydrogens is 222 g/mol. The highest BCUT2D eigenvalue weighted by molar-refractivity contribution is 5.18. The van der Waals surface area contributed by atoms with Crippen molar-refractivity contribution in [3.05, 3.63) is 35.4 Å². The Morgan fingerprint density at radius 1 is 1.35 bits per heavy atom. The fourth-order valence-electron chi connectivity index (χ4n) is 2.17. The lowest BCUT2D eigenvalue weighted by Crippen LogP contribution is -2.35. The molecule has 2 nitrogen and oxygen atoms in total. The van der Waals surface area contributed by atoms with E-state index in [2.05, 4.69) is 10.6 Å². The van der Waals surface area contributed by atoms with E-state index < -0.39 is 11.6 Å². The van der Waals surface area contributed by atoms with Gasteiger partial charge < -0.3 is 10.6 Å². The fraction of sp³-hybridized carbons (Fsp3) is 0.538. The van der Waals surface area contributed by atoms with E-state index >= 15 is 0 Å². The first-order valence-electron chi connectivity index (χ1n) is 6.11. The van der Waals surface area contributed by atoms with Crippen molar-refractivity contribution >= 4 is 0 Å². The average Bonchev–Trinajstić information content (AvgIpc) is 2.33. The fourth-order valence-corrected chi connectivity index (χ4v) is 2.17. The quantitative estimate of drug-likeness (QED) is 0.841. The minimum atomic E-state index is -0.525. The van der Waals surface area contributed by atoms with Crippen LogP contribution in [0.15, 0.2) is 18.2 Å². The van der Waals surface area contributed by atoms with E-state index in [1.807, 2.05) is 0 Å². The molecule has 0 amide bonds. The van der Waals surface area contributed by atoms with E-state index in [1.54, 1.807) is 0 Å². The summed E-state index contributed by atoms with van der Waals surface area (Å²) in [5.41, 5.74) is 0.523. The van der Waals surface area contributed by atoms with Crippen LogP contribution in [-0.4, -0.2) is 19.6 Å². The Bertz CT molecular complexity index is 362. The zero-order valence-electron chi connectivity index (χ0n) is 9.81. The molecule has 4 heteroatoms. The molecule has 1 aromatic rings. The second-order valence-electron chi connectivity index (χ2n) is 4.58. The highest BCUT2D eigenvalue weighted by Crippen LogP contribution is 2.11. The maximum Gasteiger partial charge on any atom is 0.130 e. The van der Waals surface area contributed by atoms with Crippen molar-refractivity contribution in [2.75, 3.05) is 19.6 Å². The van der Waals surface area contributed by atoms with Crippen LogP contribution in [0.4, 0.5) is 8.78 Å². The molecule has 1 heterocycles. The predicted octanol–water partition coefficient (Wildman–Crippen LogP) is 2.05. The highest BCUT2D eigenvalue weighted by Gasteiger charge is 2.12. The van der Waals surface area contributed by atoms with Gasteiger partial charge in [0.05, 0.1) is 0 Å². The lowest BCUT2D eigenvalue weighted by atomic mass is 10.00. The molecule has 2 N–H and O–H groups in total. The monoisotopic (exact) mass is 240 g/mol. The van der Waals surface area contributed by atoms with Crippen LogP contribution >= 0.6 is 0 Å². The van der Waals surface area contributed by atoms with Crippen molar-refractivity contribution in [2.45, 2.75) is 19.4 Å². The van der Waals surface area contributed by atoms with E-state index in [9.17, 15) is 8.78 Å². The summed E-state index contributed by atoms with van der Waals surface area (Å²) < 4.78 is 26.0. The minimum absolute atomic E-state index is 0.461. The number of rotatable bonds is 4. The Hall–Kier alpha value is -1.00. The first-order valence-corrected chi connectivity index (χ1v) is 6.11. The van der Waals surface area contributed by atoms with Gasteiger partial charge in [0, 0.05) is 18.2 Å². The molecule has 17 heavy (non-hydrogen) atoms. The van der Waals surface area contributed by atoms with Crippen molar-refractivity contribution in [3.8, 4) is 0 Å². The molecule has 2 rings (SSSR count). The van der Waals surface area contributed by atoms with Gasteiger partial charge in [-0.15, -0.1) is 0 Å². The van der Waals surface area contributed by atoms with E-state index in [4.69, 9.17) is 0 Å². The summed E-state index contributed by atoms with van der Waals surface area (Å²) in [5.74, 6) is -0.380. The Morgan fingerprint density at radius 3 is 2.94 bits per heavy atom. The van der Waals surface area contributed by atoms with Crippen LogP contribution in [0.1, 0.15) is 18.4 Å². The summed E-state index contributed by atoms with van der Waals surface area (Å²) in [7, 11) is 0. The normalized spacial score (nSPS) is 20.5. The lowest BCUT2D eigenvalue weighted by Gasteiger charge is -2.23. The van der Waals surface area contributed by atoms with Gasteiger partial charge in [-0.05, 0) is 44.5 Å². The first-order chi connectivity index (χ1) is 8.25. The van der Waals surface area contributed by atoms with Crippen LogP contribution in [-0.2, 0) is 6.54 Å². The molecule has 94 valence electrons. The van der Waals surface area contributed by atoms with Crippen LogP contribution in [0.5, 0.6) is 0 Å². The standard InChI is InChI=1S/C13H18F2N2/c14-12-4-3-11(13(15)6-12)9-17-8-10-2-1-5-16-7-10/h3-4,6,10,16-17H,1-2,5,7-9H2. The van der Waals surface area contributed by atoms with Gasteiger partial charge in [0.2, 0.25) is 0 Å². The molecule has 0 saturated carbocycles. The molecule has 0 aromatic heterocycles. The number of halogens is 2. The molecule has 0 bridgehead atoms. The van der Waals surface area contributed by atoms with Crippen molar-refractivity contribution < 1.29 is 8.78 Å². The van der Waals surface area contributed by atoms with Crippen molar-refractivity contribution in [1.82, 2.24) is 10.6 Å². The average molecular weight is 240 g/mol. The lowest BCUT2D eigenvalue weighted by molar-refractivity contribution is 0.359. The molecule has 1 aliphatic heterocycles. The Balaban J connectivity index is 1.77. The van der Waals surface area contributed by atoms with Crippen LogP contribution in [0.2, 0.25) is 0 Å². The molecular formula is C13H18F2N2. The van der Waals surface area contributed by atoms with Gasteiger partial charge in [-0.2, -0.15) is 0 Å². The molecule has 0 spiro atoms. The third kappa shape index (κ3) is 3.75. The van der Waals surface area contributed by atoms with Gasteiger partial charge in [0.15, 0.2) is 0 Å². The third-order valence-corrected chi connectivity index (χ3v) is 3.16. The van der Waals surface area contributed by atoms with E-state index in [0.29, 0.717) is 18.0 Å². The number of hydrogen-bond acceptors (Lipinski definition) is 2. The van der Waals surface area contributed by atoms with Gasteiger partial charge in [0.1, 0.15) is 11.6 Å². The van der Waals surface area contributed by atoms with Gasteiger partial charge in [-0.3, -0.25) is 0 Å².